The first-order valence-electron chi connectivity index (χ1n) is 7.03. The second-order valence-corrected chi connectivity index (χ2v) is 5.07. The lowest BCUT2D eigenvalue weighted by Gasteiger charge is -2.13. The standard InChI is InChI=1S/C17H21N3O2/c1-20(2)15-8-4-14(5-9-15)19-17(21)12-18-13-6-10-16(22-3)11-7-13/h4-11,18H,12H2,1-3H3,(H,19,21). The van der Waals surface area contributed by atoms with Gasteiger partial charge in [0.05, 0.1) is 13.7 Å². The minimum absolute atomic E-state index is 0.0894. The molecule has 0 bridgehead atoms. The zero-order valence-corrected chi connectivity index (χ0v) is 13.1. The molecule has 0 aromatic heterocycles. The Morgan fingerprint density at radius 2 is 1.59 bits per heavy atom. The fourth-order valence-electron chi connectivity index (χ4n) is 1.94. The van der Waals surface area contributed by atoms with E-state index in [4.69, 9.17) is 4.74 Å². The molecular weight excluding hydrogens is 278 g/mol. The summed E-state index contributed by atoms with van der Waals surface area (Å²) in [4.78, 5) is 13.9. The van der Waals surface area contributed by atoms with Crippen LogP contribution in [0.5, 0.6) is 5.75 Å². The lowest BCUT2D eigenvalue weighted by atomic mass is 10.2. The third-order valence-corrected chi connectivity index (χ3v) is 3.21. The Kier molecular flexibility index (Phi) is 5.25. The maximum atomic E-state index is 11.9. The third kappa shape index (κ3) is 4.41. The van der Waals surface area contributed by atoms with E-state index in [1.54, 1.807) is 7.11 Å². The van der Waals surface area contributed by atoms with Crippen molar-refractivity contribution in [2.75, 3.05) is 43.3 Å². The molecule has 2 aromatic rings. The maximum Gasteiger partial charge on any atom is 0.243 e. The smallest absolute Gasteiger partial charge is 0.243 e. The highest BCUT2D eigenvalue weighted by Gasteiger charge is 2.03. The average molecular weight is 299 g/mol. The van der Waals surface area contributed by atoms with Crippen LogP contribution in [0.1, 0.15) is 0 Å². The van der Waals surface area contributed by atoms with Crippen molar-refractivity contribution < 1.29 is 9.53 Å². The van der Waals surface area contributed by atoms with Crippen LogP contribution in [0, 0.1) is 0 Å². The quantitative estimate of drug-likeness (QED) is 0.861. The first-order chi connectivity index (χ1) is 10.6. The molecule has 2 rings (SSSR count). The van der Waals surface area contributed by atoms with Gasteiger partial charge in [-0.25, -0.2) is 0 Å². The first-order valence-corrected chi connectivity index (χ1v) is 7.03. The molecule has 2 N–H and O–H groups in total. The lowest BCUT2D eigenvalue weighted by molar-refractivity contribution is -0.114. The first kappa shape index (κ1) is 15.7. The van der Waals surface area contributed by atoms with Gasteiger partial charge in [-0.3, -0.25) is 4.79 Å². The molecule has 0 atom stereocenters. The number of nitrogens with zero attached hydrogens (tertiary/aromatic N) is 1. The van der Waals surface area contributed by atoms with Gasteiger partial charge in [-0.05, 0) is 48.5 Å². The predicted molar refractivity (Wildman–Crippen MR) is 90.9 cm³/mol. The molecule has 0 aliphatic rings. The Hall–Kier alpha value is -2.69. The lowest BCUT2D eigenvalue weighted by Crippen LogP contribution is -2.21. The van der Waals surface area contributed by atoms with Crippen LogP contribution in [-0.4, -0.2) is 33.7 Å². The topological polar surface area (TPSA) is 53.6 Å². The van der Waals surface area contributed by atoms with Crippen molar-refractivity contribution in [1.82, 2.24) is 0 Å². The summed E-state index contributed by atoms with van der Waals surface area (Å²) in [5, 5.41) is 5.93. The highest BCUT2D eigenvalue weighted by molar-refractivity contribution is 5.93. The van der Waals surface area contributed by atoms with Gasteiger partial charge in [-0.1, -0.05) is 0 Å². The van der Waals surface area contributed by atoms with E-state index in [0.29, 0.717) is 0 Å². The van der Waals surface area contributed by atoms with Crippen molar-refractivity contribution in [2.45, 2.75) is 0 Å². The van der Waals surface area contributed by atoms with E-state index >= 15 is 0 Å². The van der Waals surface area contributed by atoms with Crippen LogP contribution in [0.25, 0.3) is 0 Å². The van der Waals surface area contributed by atoms with Gasteiger partial charge in [0.2, 0.25) is 5.91 Å². The normalized spacial score (nSPS) is 9.95. The number of nitrogens with one attached hydrogen (secondary N) is 2. The summed E-state index contributed by atoms with van der Waals surface area (Å²) in [6.45, 7) is 0.210. The number of amides is 1. The second kappa shape index (κ2) is 7.36. The van der Waals surface area contributed by atoms with Crippen molar-refractivity contribution in [3.8, 4) is 5.75 Å². The monoisotopic (exact) mass is 299 g/mol. The molecule has 0 aliphatic carbocycles. The SMILES string of the molecule is COc1ccc(NCC(=O)Nc2ccc(N(C)C)cc2)cc1. The minimum atomic E-state index is -0.0894. The van der Waals surface area contributed by atoms with Crippen LogP contribution >= 0.6 is 0 Å². The van der Waals surface area contributed by atoms with Gasteiger partial charge in [0.25, 0.3) is 0 Å². The number of anilines is 3. The molecule has 5 nitrogen and oxygen atoms in total. The van der Waals surface area contributed by atoms with Gasteiger partial charge >= 0.3 is 0 Å². The summed E-state index contributed by atoms with van der Waals surface area (Å²) in [5.74, 6) is 0.699. The van der Waals surface area contributed by atoms with Crippen molar-refractivity contribution in [2.24, 2.45) is 0 Å². The average Bonchev–Trinajstić information content (AvgIpc) is 2.54. The minimum Gasteiger partial charge on any atom is -0.497 e. The molecule has 0 aliphatic heterocycles. The zero-order chi connectivity index (χ0) is 15.9. The van der Waals surface area contributed by atoms with E-state index in [-0.39, 0.29) is 12.5 Å². The molecule has 0 heterocycles. The second-order valence-electron chi connectivity index (χ2n) is 5.07. The summed E-state index contributed by atoms with van der Waals surface area (Å²) >= 11 is 0. The summed E-state index contributed by atoms with van der Waals surface area (Å²) in [7, 11) is 5.58. The number of benzene rings is 2. The fourth-order valence-corrected chi connectivity index (χ4v) is 1.94. The van der Waals surface area contributed by atoms with Crippen LogP contribution in [-0.2, 0) is 4.79 Å². The summed E-state index contributed by atoms with van der Waals surface area (Å²) < 4.78 is 5.09. The fraction of sp³-hybridized carbons (Fsp3) is 0.235. The molecule has 0 saturated carbocycles. The number of hydrogen-bond acceptors (Lipinski definition) is 4. The summed E-state index contributed by atoms with van der Waals surface area (Å²) in [6.07, 6.45) is 0. The Morgan fingerprint density at radius 3 is 2.14 bits per heavy atom. The van der Waals surface area contributed by atoms with E-state index in [1.807, 2.05) is 67.5 Å². The Balaban J connectivity index is 1.84. The molecule has 0 fully saturated rings. The molecule has 1 amide bonds. The molecule has 0 unspecified atom stereocenters. The zero-order valence-electron chi connectivity index (χ0n) is 13.1. The molecule has 0 saturated heterocycles. The molecule has 2 aromatic carbocycles. The van der Waals surface area contributed by atoms with Crippen molar-refractivity contribution in [3.05, 3.63) is 48.5 Å². The van der Waals surface area contributed by atoms with E-state index < -0.39 is 0 Å². The van der Waals surface area contributed by atoms with Crippen LogP contribution in [0.3, 0.4) is 0 Å². The number of hydrogen-bond donors (Lipinski definition) is 2. The van der Waals surface area contributed by atoms with Gasteiger partial charge in [0.15, 0.2) is 0 Å². The van der Waals surface area contributed by atoms with E-state index in [0.717, 1.165) is 22.8 Å². The van der Waals surface area contributed by atoms with Crippen LogP contribution < -0.4 is 20.3 Å². The Morgan fingerprint density at radius 1 is 1.00 bits per heavy atom. The van der Waals surface area contributed by atoms with Crippen molar-refractivity contribution in [3.63, 3.8) is 0 Å². The predicted octanol–water partition coefficient (Wildman–Crippen LogP) is 2.81. The molecule has 0 radical (unpaired) electrons. The number of methoxy groups -OCH3 is 1. The summed E-state index contributed by atoms with van der Waals surface area (Å²) in [6, 6.07) is 15.1. The van der Waals surface area contributed by atoms with E-state index in [1.165, 1.54) is 0 Å². The van der Waals surface area contributed by atoms with Gasteiger partial charge in [-0.2, -0.15) is 0 Å². The summed E-state index contributed by atoms with van der Waals surface area (Å²) in [5.41, 5.74) is 2.75. The molecular formula is C17H21N3O2. The largest absolute Gasteiger partial charge is 0.497 e. The van der Waals surface area contributed by atoms with Crippen LogP contribution in [0.4, 0.5) is 17.1 Å². The maximum absolute atomic E-state index is 11.9. The third-order valence-electron chi connectivity index (χ3n) is 3.21. The van der Waals surface area contributed by atoms with Crippen molar-refractivity contribution in [1.29, 1.82) is 0 Å². The number of rotatable bonds is 6. The van der Waals surface area contributed by atoms with Crippen molar-refractivity contribution >= 4 is 23.0 Å². The molecule has 0 spiro atoms. The molecule has 116 valence electrons. The highest BCUT2D eigenvalue weighted by Crippen LogP contribution is 2.16. The highest BCUT2D eigenvalue weighted by atomic mass is 16.5. The van der Waals surface area contributed by atoms with Gasteiger partial charge in [-0.15, -0.1) is 0 Å². The molecule has 22 heavy (non-hydrogen) atoms. The van der Waals surface area contributed by atoms with E-state index in [9.17, 15) is 4.79 Å². The number of carbonyl (C=O) groups is 1. The van der Waals surface area contributed by atoms with Gasteiger partial charge < -0.3 is 20.3 Å². The van der Waals surface area contributed by atoms with Gasteiger partial charge in [0.1, 0.15) is 5.75 Å². The number of carbonyl (C=O) groups excluding carboxylic acids is 1. The van der Waals surface area contributed by atoms with Crippen LogP contribution in [0.2, 0.25) is 0 Å². The Bertz CT molecular complexity index is 607. The number of ether oxygens (including phenoxy) is 1. The molecule has 5 heteroatoms. The van der Waals surface area contributed by atoms with Gasteiger partial charge in [0, 0.05) is 31.2 Å². The van der Waals surface area contributed by atoms with E-state index in [2.05, 4.69) is 10.6 Å². The Labute approximate surface area is 130 Å². The van der Waals surface area contributed by atoms with Crippen LogP contribution in [0.15, 0.2) is 48.5 Å².